The number of fused-ring (bicyclic) bond motifs is 1. The summed E-state index contributed by atoms with van der Waals surface area (Å²) in [6, 6.07) is 21.7. The van der Waals surface area contributed by atoms with Crippen molar-refractivity contribution in [2.24, 2.45) is 0 Å². The Hall–Kier alpha value is -2.10. The van der Waals surface area contributed by atoms with Crippen LogP contribution in [-0.4, -0.2) is 4.98 Å². The molecule has 2 nitrogen and oxygen atoms in total. The Kier molecular flexibility index (Phi) is 3.68. The van der Waals surface area contributed by atoms with Crippen LogP contribution in [0, 0.1) is 0 Å². The molecule has 0 aliphatic carbocycles. The number of benzene rings is 3. The topological polar surface area (TPSA) is 26.0 Å². The summed E-state index contributed by atoms with van der Waals surface area (Å²) >= 11 is 9.80. The van der Waals surface area contributed by atoms with Gasteiger partial charge in [-0.05, 0) is 39.5 Å². The molecule has 0 saturated heterocycles. The number of halogens is 2. The van der Waals surface area contributed by atoms with E-state index >= 15 is 0 Å². The van der Waals surface area contributed by atoms with Crippen LogP contribution in [0.1, 0.15) is 0 Å². The van der Waals surface area contributed by atoms with Crippen molar-refractivity contribution in [2.45, 2.75) is 0 Å². The van der Waals surface area contributed by atoms with Gasteiger partial charge in [0.25, 0.3) is 0 Å². The first-order valence-electron chi connectivity index (χ1n) is 7.13. The first-order valence-corrected chi connectivity index (χ1v) is 8.30. The molecule has 4 rings (SSSR count). The van der Waals surface area contributed by atoms with Gasteiger partial charge in [0.15, 0.2) is 4.67 Å². The van der Waals surface area contributed by atoms with E-state index in [9.17, 15) is 0 Å². The predicted octanol–water partition coefficient (Wildman–Crippen LogP) is 6.58. The van der Waals surface area contributed by atoms with Crippen molar-refractivity contribution >= 4 is 38.3 Å². The lowest BCUT2D eigenvalue weighted by Crippen LogP contribution is -1.84. The van der Waals surface area contributed by atoms with Crippen molar-refractivity contribution in [1.29, 1.82) is 0 Å². The van der Waals surface area contributed by atoms with Crippen LogP contribution in [0.3, 0.4) is 0 Å². The Morgan fingerprint density at radius 3 is 2.30 bits per heavy atom. The summed E-state index contributed by atoms with van der Waals surface area (Å²) in [5.41, 5.74) is 2.71. The van der Waals surface area contributed by atoms with Crippen LogP contribution in [-0.2, 0) is 0 Å². The summed E-state index contributed by atoms with van der Waals surface area (Å²) in [4.78, 5) is 4.67. The van der Waals surface area contributed by atoms with Crippen molar-refractivity contribution < 1.29 is 4.42 Å². The molecule has 0 bridgehead atoms. The molecule has 0 atom stereocenters. The van der Waals surface area contributed by atoms with Crippen LogP contribution >= 0.6 is 27.5 Å². The Morgan fingerprint density at radius 2 is 1.52 bits per heavy atom. The van der Waals surface area contributed by atoms with Crippen molar-refractivity contribution in [3.63, 3.8) is 0 Å². The first-order chi connectivity index (χ1) is 11.2. The maximum absolute atomic E-state index is 6.30. The van der Waals surface area contributed by atoms with Crippen LogP contribution in [0.15, 0.2) is 75.8 Å². The molecule has 0 fully saturated rings. The molecule has 0 radical (unpaired) electrons. The molecular weight excluding hydrogens is 374 g/mol. The minimum Gasteiger partial charge on any atom is -0.429 e. The molecule has 112 valence electrons. The second-order valence-electron chi connectivity index (χ2n) is 5.15. The van der Waals surface area contributed by atoms with Crippen LogP contribution in [0.4, 0.5) is 0 Å². The largest absolute Gasteiger partial charge is 0.429 e. The van der Waals surface area contributed by atoms with E-state index < -0.39 is 0 Å². The van der Waals surface area contributed by atoms with E-state index in [1.165, 1.54) is 0 Å². The predicted molar refractivity (Wildman–Crippen MR) is 97.6 cm³/mol. The fourth-order valence-electron chi connectivity index (χ4n) is 2.64. The molecule has 0 saturated carbocycles. The summed E-state index contributed by atoms with van der Waals surface area (Å²) in [5.74, 6) is 0.589. The number of hydrogen-bond acceptors (Lipinski definition) is 2. The number of oxazole rings is 1. The fourth-order valence-corrected chi connectivity index (χ4v) is 3.32. The molecule has 0 spiro atoms. The van der Waals surface area contributed by atoms with E-state index in [0.29, 0.717) is 10.6 Å². The van der Waals surface area contributed by atoms with Gasteiger partial charge >= 0.3 is 0 Å². The van der Waals surface area contributed by atoms with Gasteiger partial charge in [0, 0.05) is 21.5 Å². The van der Waals surface area contributed by atoms with Gasteiger partial charge < -0.3 is 4.42 Å². The zero-order chi connectivity index (χ0) is 15.8. The highest BCUT2D eigenvalue weighted by molar-refractivity contribution is 9.10. The Bertz CT molecular complexity index is 995. The quantitative estimate of drug-likeness (QED) is 0.390. The van der Waals surface area contributed by atoms with E-state index in [2.05, 4.69) is 20.9 Å². The van der Waals surface area contributed by atoms with E-state index in [-0.39, 0.29) is 0 Å². The highest BCUT2D eigenvalue weighted by Crippen LogP contribution is 2.38. The summed E-state index contributed by atoms with van der Waals surface area (Å²) < 4.78 is 6.42. The Morgan fingerprint density at radius 1 is 0.826 bits per heavy atom. The van der Waals surface area contributed by atoms with Crippen molar-refractivity contribution in [1.82, 2.24) is 4.98 Å². The van der Waals surface area contributed by atoms with Crippen molar-refractivity contribution in [3.8, 4) is 22.7 Å². The van der Waals surface area contributed by atoms with Crippen LogP contribution in [0.5, 0.6) is 0 Å². The smallest absolute Gasteiger partial charge is 0.228 e. The normalized spacial score (nSPS) is 11.0. The standard InChI is InChI=1S/C19H11BrClNO/c20-18-17(22-19(23-18)12-6-2-1-3-7-12)15-10-11-16(21)14-9-5-4-8-13(14)15/h1-11H. The number of nitrogens with zero attached hydrogens (tertiary/aromatic N) is 1. The second-order valence-corrected chi connectivity index (χ2v) is 6.28. The first kappa shape index (κ1) is 14.5. The number of hydrogen-bond donors (Lipinski definition) is 0. The zero-order valence-electron chi connectivity index (χ0n) is 12.0. The van der Waals surface area contributed by atoms with Gasteiger partial charge in [-0.15, -0.1) is 0 Å². The second kappa shape index (κ2) is 5.84. The maximum Gasteiger partial charge on any atom is 0.228 e. The average molecular weight is 385 g/mol. The average Bonchev–Trinajstić information content (AvgIpc) is 2.98. The summed E-state index contributed by atoms with van der Waals surface area (Å²) in [5, 5.41) is 2.78. The minimum absolute atomic E-state index is 0.589. The Balaban J connectivity index is 1.93. The highest BCUT2D eigenvalue weighted by atomic mass is 79.9. The molecular formula is C19H11BrClNO. The van der Waals surface area contributed by atoms with Gasteiger partial charge in [0.1, 0.15) is 5.69 Å². The van der Waals surface area contributed by atoms with Crippen LogP contribution in [0.25, 0.3) is 33.5 Å². The van der Waals surface area contributed by atoms with Crippen molar-refractivity contribution in [3.05, 3.63) is 76.4 Å². The van der Waals surface area contributed by atoms with Crippen LogP contribution in [0.2, 0.25) is 5.02 Å². The molecule has 0 aliphatic heterocycles. The molecule has 0 N–H and O–H groups in total. The van der Waals surface area contributed by atoms with E-state index in [4.69, 9.17) is 16.0 Å². The lowest BCUT2D eigenvalue weighted by Gasteiger charge is -2.05. The third-order valence-electron chi connectivity index (χ3n) is 3.73. The molecule has 23 heavy (non-hydrogen) atoms. The van der Waals surface area contributed by atoms with E-state index in [1.54, 1.807) is 0 Å². The van der Waals surface area contributed by atoms with Gasteiger partial charge in [-0.3, -0.25) is 0 Å². The van der Waals surface area contributed by atoms with Gasteiger partial charge in [0.05, 0.1) is 0 Å². The highest BCUT2D eigenvalue weighted by Gasteiger charge is 2.17. The van der Waals surface area contributed by atoms with E-state index in [1.807, 2.05) is 66.7 Å². The molecule has 1 heterocycles. The maximum atomic E-state index is 6.30. The molecule has 4 aromatic rings. The van der Waals surface area contributed by atoms with Crippen molar-refractivity contribution in [2.75, 3.05) is 0 Å². The van der Waals surface area contributed by atoms with Crippen LogP contribution < -0.4 is 0 Å². The molecule has 1 aromatic heterocycles. The summed E-state index contributed by atoms with van der Waals surface area (Å²) in [6.07, 6.45) is 0. The SMILES string of the molecule is Clc1ccc(-c2nc(-c3ccccc3)oc2Br)c2ccccc12. The lowest BCUT2D eigenvalue weighted by molar-refractivity contribution is 0.550. The Labute approximate surface area is 146 Å². The summed E-state index contributed by atoms with van der Waals surface area (Å²) in [6.45, 7) is 0. The summed E-state index contributed by atoms with van der Waals surface area (Å²) in [7, 11) is 0. The van der Waals surface area contributed by atoms with Gasteiger partial charge in [0.2, 0.25) is 5.89 Å². The molecule has 0 unspecified atom stereocenters. The van der Waals surface area contributed by atoms with Gasteiger partial charge in [-0.25, -0.2) is 4.98 Å². The van der Waals surface area contributed by atoms with E-state index in [0.717, 1.165) is 32.6 Å². The fraction of sp³-hybridized carbons (Fsp3) is 0. The van der Waals surface area contributed by atoms with Gasteiger partial charge in [-0.2, -0.15) is 0 Å². The monoisotopic (exact) mass is 383 g/mol. The lowest BCUT2D eigenvalue weighted by atomic mass is 10.0. The third kappa shape index (κ3) is 2.56. The zero-order valence-corrected chi connectivity index (χ0v) is 14.3. The number of aromatic nitrogens is 1. The molecule has 4 heteroatoms. The number of rotatable bonds is 2. The minimum atomic E-state index is 0.589. The molecule has 3 aromatic carbocycles. The molecule has 0 aliphatic rings. The van der Waals surface area contributed by atoms with Gasteiger partial charge in [-0.1, -0.05) is 60.1 Å². The third-order valence-corrected chi connectivity index (χ3v) is 4.60. The molecule has 0 amide bonds.